The maximum absolute atomic E-state index is 13.3. The van der Waals surface area contributed by atoms with Gasteiger partial charge in [0.25, 0.3) is 0 Å². The monoisotopic (exact) mass is 436 g/mol. The number of aryl methyl sites for hydroxylation is 1. The number of carbonyl (C=O) groups excluding carboxylic acids is 2. The second-order valence-corrected chi connectivity index (χ2v) is 7.83. The lowest BCUT2D eigenvalue weighted by Gasteiger charge is -2.10. The first-order chi connectivity index (χ1) is 15.1. The average molecular weight is 437 g/mol. The summed E-state index contributed by atoms with van der Waals surface area (Å²) < 4.78 is 20.5. The molecule has 2 aromatic carbocycles. The Balaban J connectivity index is 1.53. The van der Waals surface area contributed by atoms with Gasteiger partial charge >= 0.3 is 5.97 Å². The van der Waals surface area contributed by atoms with Crippen LogP contribution in [0.5, 0.6) is 0 Å². The number of para-hydroxylation sites is 1. The SMILES string of the molecule is CCOC(=O)c1c(-c2ccc(F)cc2)csc1NC(=O)CCn1ccc2ccccc21. The molecule has 1 N–H and O–H groups in total. The molecule has 2 heterocycles. The van der Waals surface area contributed by atoms with Crippen molar-refractivity contribution >= 4 is 39.1 Å². The van der Waals surface area contributed by atoms with Gasteiger partial charge in [-0.3, -0.25) is 4.79 Å². The molecule has 2 aromatic heterocycles. The number of ether oxygens (including phenoxy) is 1. The zero-order valence-corrected chi connectivity index (χ0v) is 17.7. The van der Waals surface area contributed by atoms with E-state index in [2.05, 4.69) is 5.32 Å². The molecule has 5 nitrogen and oxygen atoms in total. The summed E-state index contributed by atoms with van der Waals surface area (Å²) in [4.78, 5) is 25.3. The predicted octanol–water partition coefficient (Wildman–Crippen LogP) is 5.71. The fourth-order valence-electron chi connectivity index (χ4n) is 3.44. The van der Waals surface area contributed by atoms with Crippen LogP contribution < -0.4 is 5.32 Å². The highest BCUT2D eigenvalue weighted by Crippen LogP contribution is 2.36. The normalized spacial score (nSPS) is 10.9. The molecule has 1 amide bonds. The smallest absolute Gasteiger partial charge is 0.341 e. The summed E-state index contributed by atoms with van der Waals surface area (Å²) in [5, 5.41) is 6.18. The molecule has 0 saturated heterocycles. The van der Waals surface area contributed by atoms with Gasteiger partial charge in [-0.2, -0.15) is 0 Å². The Bertz CT molecular complexity index is 1230. The lowest BCUT2D eigenvalue weighted by Crippen LogP contribution is -2.16. The minimum Gasteiger partial charge on any atom is -0.462 e. The number of thiophene rings is 1. The number of esters is 1. The standard InChI is InChI=1S/C24H21FN2O3S/c1-2-30-24(29)22-19(16-7-9-18(25)10-8-16)15-31-23(22)26-21(28)12-14-27-13-11-17-5-3-4-6-20(17)27/h3-11,13,15H,2,12,14H2,1H3,(H,26,28). The zero-order chi connectivity index (χ0) is 21.8. The van der Waals surface area contributed by atoms with E-state index in [1.54, 1.807) is 24.4 Å². The molecule has 0 atom stereocenters. The maximum atomic E-state index is 13.3. The van der Waals surface area contributed by atoms with Crippen LogP contribution >= 0.6 is 11.3 Å². The topological polar surface area (TPSA) is 60.3 Å². The van der Waals surface area contributed by atoms with Gasteiger partial charge in [-0.1, -0.05) is 30.3 Å². The molecule has 4 rings (SSSR count). The quantitative estimate of drug-likeness (QED) is 0.377. The third-order valence-electron chi connectivity index (χ3n) is 4.94. The summed E-state index contributed by atoms with van der Waals surface area (Å²) in [6, 6.07) is 15.9. The van der Waals surface area contributed by atoms with E-state index in [9.17, 15) is 14.0 Å². The zero-order valence-electron chi connectivity index (χ0n) is 16.9. The van der Waals surface area contributed by atoms with Crippen molar-refractivity contribution < 1.29 is 18.7 Å². The second-order valence-electron chi connectivity index (χ2n) is 6.95. The third kappa shape index (κ3) is 4.51. The number of aromatic nitrogens is 1. The van der Waals surface area contributed by atoms with Crippen molar-refractivity contribution in [3.63, 3.8) is 0 Å². The van der Waals surface area contributed by atoms with E-state index < -0.39 is 5.97 Å². The Morgan fingerprint density at radius 1 is 1.10 bits per heavy atom. The highest BCUT2D eigenvalue weighted by Gasteiger charge is 2.22. The summed E-state index contributed by atoms with van der Waals surface area (Å²) in [6.07, 6.45) is 2.21. The van der Waals surface area contributed by atoms with Crippen LogP contribution in [-0.4, -0.2) is 23.1 Å². The lowest BCUT2D eigenvalue weighted by molar-refractivity contribution is -0.116. The number of benzene rings is 2. The lowest BCUT2D eigenvalue weighted by atomic mass is 10.0. The Morgan fingerprint density at radius 2 is 1.87 bits per heavy atom. The van der Waals surface area contributed by atoms with E-state index in [0.29, 0.717) is 28.2 Å². The van der Waals surface area contributed by atoms with Crippen molar-refractivity contribution in [2.45, 2.75) is 19.9 Å². The highest BCUT2D eigenvalue weighted by atomic mass is 32.1. The Labute approximate surface area is 183 Å². The largest absolute Gasteiger partial charge is 0.462 e. The van der Waals surface area contributed by atoms with Crippen molar-refractivity contribution in [2.24, 2.45) is 0 Å². The van der Waals surface area contributed by atoms with Gasteiger partial charge in [0.15, 0.2) is 0 Å². The van der Waals surface area contributed by atoms with Crippen molar-refractivity contribution in [3.8, 4) is 11.1 Å². The van der Waals surface area contributed by atoms with Crippen molar-refractivity contribution in [3.05, 3.63) is 77.6 Å². The van der Waals surface area contributed by atoms with Crippen LogP contribution in [0.1, 0.15) is 23.7 Å². The molecule has 0 aliphatic rings. The molecule has 0 spiro atoms. The van der Waals surface area contributed by atoms with Gasteiger partial charge in [0.2, 0.25) is 5.91 Å². The van der Waals surface area contributed by atoms with Gasteiger partial charge < -0.3 is 14.6 Å². The van der Waals surface area contributed by atoms with Crippen LogP contribution in [0, 0.1) is 5.82 Å². The number of nitrogens with one attached hydrogen (secondary N) is 1. The summed E-state index contributed by atoms with van der Waals surface area (Å²) in [7, 11) is 0. The van der Waals surface area contributed by atoms with Gasteiger partial charge in [-0.15, -0.1) is 11.3 Å². The number of nitrogens with zero attached hydrogens (tertiary/aromatic N) is 1. The molecule has 0 aliphatic heterocycles. The number of hydrogen-bond acceptors (Lipinski definition) is 4. The summed E-state index contributed by atoms with van der Waals surface area (Å²) >= 11 is 1.25. The third-order valence-corrected chi connectivity index (χ3v) is 5.83. The number of halogens is 1. The van der Waals surface area contributed by atoms with E-state index in [-0.39, 0.29) is 24.8 Å². The van der Waals surface area contributed by atoms with Gasteiger partial charge in [-0.25, -0.2) is 9.18 Å². The van der Waals surface area contributed by atoms with Crippen LogP contribution in [0.3, 0.4) is 0 Å². The van der Waals surface area contributed by atoms with E-state index in [0.717, 1.165) is 10.9 Å². The van der Waals surface area contributed by atoms with Gasteiger partial charge in [-0.05, 0) is 42.1 Å². The van der Waals surface area contributed by atoms with Crippen LogP contribution in [0.25, 0.3) is 22.0 Å². The Hall–Kier alpha value is -3.45. The van der Waals surface area contributed by atoms with E-state index >= 15 is 0 Å². The molecule has 0 saturated carbocycles. The molecule has 4 aromatic rings. The van der Waals surface area contributed by atoms with Crippen molar-refractivity contribution in [1.82, 2.24) is 4.57 Å². The minimum atomic E-state index is -0.519. The molecular formula is C24H21FN2O3S. The number of fused-ring (bicyclic) bond motifs is 1. The first-order valence-electron chi connectivity index (χ1n) is 9.95. The van der Waals surface area contributed by atoms with E-state index in [1.165, 1.54) is 23.5 Å². The molecule has 0 bridgehead atoms. The number of rotatable bonds is 7. The van der Waals surface area contributed by atoms with Crippen molar-refractivity contribution in [1.29, 1.82) is 0 Å². The summed E-state index contributed by atoms with van der Waals surface area (Å²) in [5.41, 5.74) is 2.64. The van der Waals surface area contributed by atoms with Crippen LogP contribution in [-0.2, 0) is 16.1 Å². The van der Waals surface area contributed by atoms with Crippen LogP contribution in [0.15, 0.2) is 66.2 Å². The van der Waals surface area contributed by atoms with Gasteiger partial charge in [0, 0.05) is 35.6 Å². The molecule has 31 heavy (non-hydrogen) atoms. The van der Waals surface area contributed by atoms with Gasteiger partial charge in [0.05, 0.1) is 6.61 Å². The molecule has 0 radical (unpaired) electrons. The average Bonchev–Trinajstić information content (AvgIpc) is 3.37. The number of carbonyl (C=O) groups is 2. The second kappa shape index (κ2) is 9.14. The van der Waals surface area contributed by atoms with E-state index in [1.807, 2.05) is 41.1 Å². The Morgan fingerprint density at radius 3 is 2.65 bits per heavy atom. The van der Waals surface area contributed by atoms with Gasteiger partial charge in [0.1, 0.15) is 16.4 Å². The number of hydrogen-bond donors (Lipinski definition) is 1. The van der Waals surface area contributed by atoms with Crippen molar-refractivity contribution in [2.75, 3.05) is 11.9 Å². The maximum Gasteiger partial charge on any atom is 0.341 e. The highest BCUT2D eigenvalue weighted by molar-refractivity contribution is 7.15. The fourth-order valence-corrected chi connectivity index (χ4v) is 4.42. The van der Waals surface area contributed by atoms with Crippen LogP contribution in [0.2, 0.25) is 0 Å². The molecule has 0 aliphatic carbocycles. The van der Waals surface area contributed by atoms with E-state index in [4.69, 9.17) is 4.74 Å². The number of anilines is 1. The molecule has 0 fully saturated rings. The first-order valence-corrected chi connectivity index (χ1v) is 10.8. The molecule has 158 valence electrons. The fraction of sp³-hybridized carbons (Fsp3) is 0.167. The van der Waals surface area contributed by atoms with Crippen LogP contribution in [0.4, 0.5) is 9.39 Å². The summed E-state index contributed by atoms with van der Waals surface area (Å²) in [6.45, 7) is 2.46. The molecule has 7 heteroatoms. The number of amides is 1. The summed E-state index contributed by atoms with van der Waals surface area (Å²) in [5.74, 6) is -1.08. The minimum absolute atomic E-state index is 0.198. The molecular weight excluding hydrogens is 415 g/mol. The Kier molecular flexibility index (Phi) is 6.13. The molecule has 0 unspecified atom stereocenters. The first kappa shape index (κ1) is 20.8. The predicted molar refractivity (Wildman–Crippen MR) is 121 cm³/mol.